The number of aromatic nitrogens is 2. The molecule has 2 heterocycles. The number of alkyl carbamates (subject to hydrolysis) is 1. The summed E-state index contributed by atoms with van der Waals surface area (Å²) >= 11 is 0. The second-order valence-electron chi connectivity index (χ2n) is 13.0. The predicted molar refractivity (Wildman–Crippen MR) is 166 cm³/mol. The average Bonchev–Trinajstić information content (AvgIpc) is 3.45. The fourth-order valence-electron chi connectivity index (χ4n) is 5.65. The van der Waals surface area contributed by atoms with E-state index in [9.17, 15) is 4.79 Å². The lowest BCUT2D eigenvalue weighted by molar-refractivity contribution is 0.0438. The van der Waals surface area contributed by atoms with Gasteiger partial charge in [-0.3, -0.25) is 0 Å². The van der Waals surface area contributed by atoms with E-state index < -0.39 is 5.60 Å². The van der Waals surface area contributed by atoms with Crippen molar-refractivity contribution in [1.82, 2.24) is 15.3 Å². The van der Waals surface area contributed by atoms with Gasteiger partial charge in [0.25, 0.3) is 0 Å². The van der Waals surface area contributed by atoms with Gasteiger partial charge in [0.05, 0.1) is 22.7 Å². The zero-order valence-corrected chi connectivity index (χ0v) is 25.3. The number of fused-ring (bicyclic) bond motifs is 2. The SMILES string of the molecule is CC(C)C1OB(c2ccc3cc(-c4ccc5nc(CCCCNC(=O)OC(C)(C)C)[nH]c5c4)ccc3c2)OC1(C)C. The summed E-state index contributed by atoms with van der Waals surface area (Å²) in [6.07, 6.45) is 2.28. The van der Waals surface area contributed by atoms with Crippen molar-refractivity contribution in [3.8, 4) is 11.1 Å². The fraction of sp³-hybridized carbons (Fsp3) is 0.455. The summed E-state index contributed by atoms with van der Waals surface area (Å²) in [5.41, 5.74) is 4.53. The number of nitrogens with one attached hydrogen (secondary N) is 2. The number of benzene rings is 3. The van der Waals surface area contributed by atoms with Gasteiger partial charge in [-0.05, 0) is 98.9 Å². The summed E-state index contributed by atoms with van der Waals surface area (Å²) < 4.78 is 17.9. The van der Waals surface area contributed by atoms with Crippen LogP contribution in [0, 0.1) is 5.92 Å². The normalized spacial score (nSPS) is 17.1. The Morgan fingerprint density at radius 1 is 1.05 bits per heavy atom. The van der Waals surface area contributed by atoms with Crippen LogP contribution >= 0.6 is 0 Å². The molecule has 1 amide bonds. The third-order valence-electron chi connectivity index (χ3n) is 7.48. The van der Waals surface area contributed by atoms with Gasteiger partial charge in [0.1, 0.15) is 11.4 Å². The van der Waals surface area contributed by atoms with Crippen molar-refractivity contribution in [3.63, 3.8) is 0 Å². The number of unbranched alkanes of at least 4 members (excludes halogenated alkanes) is 1. The highest BCUT2D eigenvalue weighted by Gasteiger charge is 2.47. The first-order valence-corrected chi connectivity index (χ1v) is 14.7. The minimum atomic E-state index is -0.483. The van der Waals surface area contributed by atoms with Crippen LogP contribution in [0.2, 0.25) is 0 Å². The van der Waals surface area contributed by atoms with Gasteiger partial charge in [-0.25, -0.2) is 9.78 Å². The standard InChI is InChI=1S/C33H42BN3O4/c1-21(2)30-33(6,7)41-34(40-30)26-15-13-23-18-22(11-12-24(23)19-26)25-14-16-27-28(20-25)37-29(36-27)10-8-9-17-35-31(38)39-32(3,4)5/h11-16,18-21,30H,8-10,17H2,1-7H3,(H,35,38)(H,36,37). The number of aromatic amines is 1. The van der Waals surface area contributed by atoms with E-state index in [1.165, 1.54) is 5.39 Å². The lowest BCUT2D eigenvalue weighted by Crippen LogP contribution is -2.36. The molecule has 0 saturated carbocycles. The third kappa shape index (κ3) is 6.93. The molecule has 2 N–H and O–H groups in total. The van der Waals surface area contributed by atoms with Gasteiger partial charge >= 0.3 is 13.2 Å². The number of hydrogen-bond acceptors (Lipinski definition) is 5. The van der Waals surface area contributed by atoms with Crippen molar-refractivity contribution in [2.45, 2.75) is 85.0 Å². The van der Waals surface area contributed by atoms with Crippen LogP contribution in [-0.4, -0.2) is 47.0 Å². The van der Waals surface area contributed by atoms with Crippen molar-refractivity contribution >= 4 is 40.5 Å². The van der Waals surface area contributed by atoms with E-state index in [2.05, 4.69) is 92.6 Å². The number of rotatable bonds is 8. The summed E-state index contributed by atoms with van der Waals surface area (Å²) in [6.45, 7) is 14.7. The second kappa shape index (κ2) is 11.5. The molecule has 0 bridgehead atoms. The molecule has 4 aromatic rings. The van der Waals surface area contributed by atoms with Gasteiger partial charge in [-0.1, -0.05) is 50.2 Å². The summed E-state index contributed by atoms with van der Waals surface area (Å²) in [5.74, 6) is 1.34. The summed E-state index contributed by atoms with van der Waals surface area (Å²) in [5, 5.41) is 5.15. The summed E-state index contributed by atoms with van der Waals surface area (Å²) in [7, 11) is -0.348. The zero-order valence-electron chi connectivity index (χ0n) is 25.3. The number of amides is 1. The van der Waals surface area contributed by atoms with Crippen LogP contribution in [0.15, 0.2) is 54.6 Å². The Bertz CT molecular complexity index is 1540. The van der Waals surface area contributed by atoms with Crippen LogP contribution in [-0.2, 0) is 20.5 Å². The first-order chi connectivity index (χ1) is 19.4. The Labute approximate surface area is 243 Å². The number of H-pyrrole nitrogens is 1. The van der Waals surface area contributed by atoms with Gasteiger partial charge in [0, 0.05) is 13.0 Å². The van der Waals surface area contributed by atoms with Gasteiger partial charge in [-0.2, -0.15) is 0 Å². The van der Waals surface area contributed by atoms with E-state index in [0.29, 0.717) is 12.5 Å². The Kier molecular flexibility index (Phi) is 8.17. The fourth-order valence-corrected chi connectivity index (χ4v) is 5.65. The molecule has 5 rings (SSSR count). The molecule has 8 heteroatoms. The number of hydrogen-bond donors (Lipinski definition) is 2. The molecule has 1 aromatic heterocycles. The second-order valence-corrected chi connectivity index (χ2v) is 13.0. The molecule has 0 radical (unpaired) electrons. The third-order valence-corrected chi connectivity index (χ3v) is 7.48. The molecule has 0 spiro atoms. The lowest BCUT2D eigenvalue weighted by atomic mass is 9.78. The van der Waals surface area contributed by atoms with Gasteiger partial charge < -0.3 is 24.3 Å². The number of imidazole rings is 1. The largest absolute Gasteiger partial charge is 0.494 e. The molecule has 41 heavy (non-hydrogen) atoms. The van der Waals surface area contributed by atoms with Crippen molar-refractivity contribution < 1.29 is 18.8 Å². The van der Waals surface area contributed by atoms with Crippen LogP contribution in [0.1, 0.15) is 67.1 Å². The lowest BCUT2D eigenvalue weighted by Gasteiger charge is -2.28. The molecular weight excluding hydrogens is 513 g/mol. The number of carbonyl (C=O) groups is 1. The van der Waals surface area contributed by atoms with Crippen LogP contribution in [0.5, 0.6) is 0 Å². The van der Waals surface area contributed by atoms with Gasteiger partial charge in [-0.15, -0.1) is 0 Å². The molecule has 1 aliphatic rings. The van der Waals surface area contributed by atoms with Crippen molar-refractivity contribution in [2.24, 2.45) is 5.92 Å². The summed E-state index contributed by atoms with van der Waals surface area (Å²) in [4.78, 5) is 20.0. The minimum Gasteiger partial charge on any atom is -0.444 e. The molecule has 216 valence electrons. The smallest absolute Gasteiger partial charge is 0.444 e. The predicted octanol–water partition coefficient (Wildman–Crippen LogP) is 6.78. The van der Waals surface area contributed by atoms with Crippen molar-refractivity contribution in [1.29, 1.82) is 0 Å². The van der Waals surface area contributed by atoms with Crippen LogP contribution in [0.25, 0.3) is 32.9 Å². The maximum absolute atomic E-state index is 11.8. The van der Waals surface area contributed by atoms with E-state index in [4.69, 9.17) is 19.0 Å². The first kappa shape index (κ1) is 29.1. The molecule has 1 atom stereocenters. The van der Waals surface area contributed by atoms with E-state index in [1.54, 1.807) is 0 Å². The van der Waals surface area contributed by atoms with E-state index >= 15 is 0 Å². The van der Waals surface area contributed by atoms with Gasteiger partial charge in [0.2, 0.25) is 0 Å². The monoisotopic (exact) mass is 555 g/mol. The number of ether oxygens (including phenoxy) is 1. The highest BCUT2D eigenvalue weighted by molar-refractivity contribution is 6.62. The van der Waals surface area contributed by atoms with Crippen molar-refractivity contribution in [3.05, 3.63) is 60.4 Å². The quantitative estimate of drug-likeness (QED) is 0.185. The Hall–Kier alpha value is -3.36. The molecule has 1 unspecified atom stereocenters. The zero-order chi connectivity index (χ0) is 29.4. The van der Waals surface area contributed by atoms with Crippen LogP contribution in [0.3, 0.4) is 0 Å². The van der Waals surface area contributed by atoms with E-state index in [1.807, 2.05) is 20.8 Å². The Morgan fingerprint density at radius 2 is 1.76 bits per heavy atom. The molecule has 7 nitrogen and oxygen atoms in total. The van der Waals surface area contributed by atoms with Crippen molar-refractivity contribution in [2.75, 3.05) is 6.54 Å². The van der Waals surface area contributed by atoms with E-state index in [0.717, 1.165) is 58.1 Å². The van der Waals surface area contributed by atoms with E-state index in [-0.39, 0.29) is 24.9 Å². The Balaban J connectivity index is 1.22. The van der Waals surface area contributed by atoms with Crippen LogP contribution in [0.4, 0.5) is 4.79 Å². The van der Waals surface area contributed by atoms with Crippen LogP contribution < -0.4 is 10.8 Å². The highest BCUT2D eigenvalue weighted by Crippen LogP contribution is 2.33. The number of nitrogens with zero attached hydrogens (tertiary/aromatic N) is 1. The minimum absolute atomic E-state index is 0.0599. The molecule has 1 saturated heterocycles. The maximum atomic E-state index is 11.8. The number of aryl methyl sites for hydroxylation is 1. The molecule has 1 fully saturated rings. The molecule has 3 aromatic carbocycles. The highest BCUT2D eigenvalue weighted by atomic mass is 16.7. The molecule has 0 aliphatic carbocycles. The number of carbonyl (C=O) groups excluding carboxylic acids is 1. The topological polar surface area (TPSA) is 85.5 Å². The average molecular weight is 556 g/mol. The Morgan fingerprint density at radius 3 is 2.49 bits per heavy atom. The first-order valence-electron chi connectivity index (χ1n) is 14.7. The molecule has 1 aliphatic heterocycles. The molecular formula is C33H42BN3O4. The van der Waals surface area contributed by atoms with Gasteiger partial charge in [0.15, 0.2) is 0 Å². The summed E-state index contributed by atoms with van der Waals surface area (Å²) in [6, 6.07) is 19.4. The maximum Gasteiger partial charge on any atom is 0.494 e.